The van der Waals surface area contributed by atoms with Gasteiger partial charge in [-0.05, 0) is 126 Å². The van der Waals surface area contributed by atoms with Gasteiger partial charge >= 0.3 is 21.7 Å². The molecule has 0 amide bonds. The van der Waals surface area contributed by atoms with Gasteiger partial charge in [-0.3, -0.25) is 6.08 Å². The molecule has 0 spiro atoms. The van der Waals surface area contributed by atoms with Crippen LogP contribution >= 0.6 is 0 Å². The van der Waals surface area contributed by atoms with Crippen LogP contribution in [0.1, 0.15) is 242 Å². The van der Waals surface area contributed by atoms with Gasteiger partial charge in [0.15, 0.2) is 8.07 Å². The van der Waals surface area contributed by atoms with Crippen molar-refractivity contribution in [3.05, 3.63) is 111 Å². The van der Waals surface area contributed by atoms with Gasteiger partial charge in [0.25, 0.3) is 0 Å². The van der Waals surface area contributed by atoms with Gasteiger partial charge in [-0.25, -0.2) is 11.6 Å². The fourth-order valence-electron chi connectivity index (χ4n) is 10.2. The smallest absolute Gasteiger partial charge is 1.00 e. The van der Waals surface area contributed by atoms with E-state index in [4.69, 9.17) is 0 Å². The minimum absolute atomic E-state index is 0. The van der Waals surface area contributed by atoms with Crippen LogP contribution in [0.3, 0.4) is 0 Å². The number of aryl methyl sites for hydroxylation is 6. The predicted molar refractivity (Wildman–Crippen MR) is 276 cm³/mol. The number of unbranched alkanes of at least 4 members (excludes halogenated alkanes) is 18. The molecule has 0 saturated heterocycles. The SMILES string of the molecule is CCCCCCc1cc(CCCCCC)cc([Si](C2=[C-]C(C)=CC2)(c2cc(CCCCCC)cc(CCCCCC)c2)c2cc(CCCCCC)cc(CCCCCC)c2)c1.[Cl-].[Cl-].[Cl-].[Ti+4]. The van der Waals surface area contributed by atoms with Crippen LogP contribution in [0.15, 0.2) is 71.4 Å². The Morgan fingerprint density at radius 1 is 0.354 bits per heavy atom. The van der Waals surface area contributed by atoms with E-state index in [1.54, 1.807) is 54.1 Å². The zero-order chi connectivity index (χ0) is 43.5. The van der Waals surface area contributed by atoms with Crippen molar-refractivity contribution in [1.29, 1.82) is 0 Å². The van der Waals surface area contributed by atoms with Crippen molar-refractivity contribution >= 4 is 23.6 Å². The molecule has 3 aromatic carbocycles. The fourth-order valence-corrected chi connectivity index (χ4v) is 15.5. The Morgan fingerprint density at radius 3 is 0.769 bits per heavy atom. The van der Waals surface area contributed by atoms with E-state index in [2.05, 4.69) is 115 Å². The molecule has 0 atom stereocenters. The van der Waals surface area contributed by atoms with Gasteiger partial charge in [0.2, 0.25) is 0 Å². The summed E-state index contributed by atoms with van der Waals surface area (Å²) >= 11 is 0. The van der Waals surface area contributed by atoms with E-state index in [-0.39, 0.29) is 58.9 Å². The van der Waals surface area contributed by atoms with Crippen molar-refractivity contribution in [2.75, 3.05) is 0 Å². The molecular weight excluding hydrogens is 903 g/mol. The first-order valence-electron chi connectivity index (χ1n) is 26.6. The van der Waals surface area contributed by atoms with E-state index in [9.17, 15) is 0 Å². The van der Waals surface area contributed by atoms with E-state index in [1.165, 1.54) is 198 Å². The van der Waals surface area contributed by atoms with Crippen LogP contribution in [0, 0.1) is 6.08 Å². The molecule has 0 unspecified atom stereocenters. The summed E-state index contributed by atoms with van der Waals surface area (Å²) in [6, 6.07) is 24.5. The minimum Gasteiger partial charge on any atom is -1.00 e. The summed E-state index contributed by atoms with van der Waals surface area (Å²) in [7, 11) is -2.79. The van der Waals surface area contributed by atoms with Gasteiger partial charge in [0.05, 0.1) is 0 Å². The number of allylic oxidation sites excluding steroid dienone is 4. The van der Waals surface area contributed by atoms with Gasteiger partial charge in [0, 0.05) is 0 Å². The summed E-state index contributed by atoms with van der Waals surface area (Å²) in [6.45, 7) is 16.4. The third-order valence-electron chi connectivity index (χ3n) is 13.8. The van der Waals surface area contributed by atoms with Crippen molar-refractivity contribution in [3.8, 4) is 0 Å². The molecule has 0 aromatic heterocycles. The van der Waals surface area contributed by atoms with Crippen LogP contribution < -0.4 is 52.8 Å². The topological polar surface area (TPSA) is 0 Å². The summed E-state index contributed by atoms with van der Waals surface area (Å²) < 4.78 is 0. The van der Waals surface area contributed by atoms with Gasteiger partial charge in [-0.15, -0.1) is 0 Å². The van der Waals surface area contributed by atoms with Crippen LogP contribution in [-0.2, 0) is 60.2 Å². The average molecular weight is 997 g/mol. The first kappa shape index (κ1) is 63.9. The zero-order valence-electron chi connectivity index (χ0n) is 42.8. The molecule has 1 aliphatic rings. The molecule has 362 valence electrons. The van der Waals surface area contributed by atoms with Crippen LogP contribution in [0.4, 0.5) is 0 Å². The number of rotatable bonds is 34. The molecule has 0 heterocycles. The standard InChI is InChI=1S/C60H93Si.3ClH.Ti/c1-8-14-20-26-32-51-41-52(33-27-21-15-9-2)45-58(44-51)61(57-39-38-50(7)40-57,59-46-53(34-28-22-16-10-3)42-54(47-59)35-29-23-17-11-4)60-48-55(36-30-24-18-12-5)43-56(49-60)37-31-25-19-13-6;;;;/h38,41-49H,8-37,39H2,1-7H3;3*1H;/q-1;;;;+4/p-3. The van der Waals surface area contributed by atoms with Gasteiger partial charge in [0.1, 0.15) is 0 Å². The van der Waals surface area contributed by atoms with Gasteiger partial charge in [-0.2, -0.15) is 5.20 Å². The molecular formula is C60H93Cl3SiTi. The second-order valence-electron chi connectivity index (χ2n) is 19.4. The Morgan fingerprint density at radius 2 is 0.585 bits per heavy atom. The maximum absolute atomic E-state index is 4.21. The van der Waals surface area contributed by atoms with Crippen molar-refractivity contribution in [1.82, 2.24) is 0 Å². The van der Waals surface area contributed by atoms with E-state index in [0.717, 1.165) is 6.42 Å². The quantitative estimate of drug-likeness (QED) is 0.0252. The summed E-state index contributed by atoms with van der Waals surface area (Å²) in [5, 5.41) is 6.55. The Balaban J connectivity index is 0.0000102. The third-order valence-corrected chi connectivity index (χ3v) is 18.5. The Kier molecular flexibility index (Phi) is 37.2. The molecule has 4 rings (SSSR count). The van der Waals surface area contributed by atoms with E-state index >= 15 is 0 Å². The summed E-state index contributed by atoms with van der Waals surface area (Å²) in [5.74, 6) is 0. The molecule has 0 N–H and O–H groups in total. The van der Waals surface area contributed by atoms with Crippen molar-refractivity contribution < 1.29 is 58.9 Å². The Labute approximate surface area is 437 Å². The molecule has 0 saturated carbocycles. The number of hydrogen-bond acceptors (Lipinski definition) is 0. The maximum atomic E-state index is 4.21. The van der Waals surface area contributed by atoms with E-state index in [1.807, 2.05) is 0 Å². The zero-order valence-corrected chi connectivity index (χ0v) is 47.7. The predicted octanol–water partition coefficient (Wildman–Crippen LogP) is 7.52. The Bertz CT molecular complexity index is 1480. The molecule has 0 nitrogen and oxygen atoms in total. The first-order chi connectivity index (χ1) is 29.9. The van der Waals surface area contributed by atoms with Crippen LogP contribution in [0.5, 0.6) is 0 Å². The monoisotopic (exact) mass is 995 g/mol. The number of hydrogen-bond donors (Lipinski definition) is 0. The van der Waals surface area contributed by atoms with Crippen LogP contribution in [0.2, 0.25) is 0 Å². The summed E-state index contributed by atoms with van der Waals surface area (Å²) in [4.78, 5) is 0. The molecule has 3 aromatic rings. The largest absolute Gasteiger partial charge is 4.00 e. The second kappa shape index (κ2) is 37.8. The minimum atomic E-state index is -2.79. The number of benzene rings is 3. The second-order valence-corrected chi connectivity index (χ2v) is 23.3. The molecule has 65 heavy (non-hydrogen) atoms. The molecule has 0 radical (unpaired) electrons. The molecule has 0 fully saturated rings. The summed E-state index contributed by atoms with van der Waals surface area (Å²) in [6.07, 6.45) is 46.5. The van der Waals surface area contributed by atoms with Crippen LogP contribution in [-0.4, -0.2) is 8.07 Å². The van der Waals surface area contributed by atoms with Crippen molar-refractivity contribution in [2.24, 2.45) is 0 Å². The normalized spacial score (nSPS) is 12.2. The molecule has 0 bridgehead atoms. The molecule has 0 aliphatic heterocycles. The fraction of sp³-hybridized carbons (Fsp3) is 0.633. The molecule has 5 heteroatoms. The Hall–Kier alpha value is -1.06. The maximum Gasteiger partial charge on any atom is 4.00 e. The van der Waals surface area contributed by atoms with Crippen LogP contribution in [0.25, 0.3) is 0 Å². The molecule has 1 aliphatic carbocycles. The van der Waals surface area contributed by atoms with E-state index < -0.39 is 8.07 Å². The third kappa shape index (κ3) is 21.6. The number of halogens is 3. The van der Waals surface area contributed by atoms with Crippen molar-refractivity contribution in [2.45, 2.75) is 248 Å². The summed E-state index contributed by atoms with van der Waals surface area (Å²) in [5.41, 5.74) is 10.9. The van der Waals surface area contributed by atoms with E-state index in [0.29, 0.717) is 0 Å². The van der Waals surface area contributed by atoms with Gasteiger partial charge in [-0.1, -0.05) is 225 Å². The average Bonchev–Trinajstić information content (AvgIpc) is 3.70. The van der Waals surface area contributed by atoms with Crippen molar-refractivity contribution in [3.63, 3.8) is 0 Å². The first-order valence-corrected chi connectivity index (χ1v) is 28.6. The van der Waals surface area contributed by atoms with Gasteiger partial charge < -0.3 is 37.2 Å².